The molecule has 12 heterocycles. The minimum Gasteiger partial charge on any atom is -0.495 e. The summed E-state index contributed by atoms with van der Waals surface area (Å²) in [5.41, 5.74) is 15.8. The SMILES string of the molecule is COc1cc(/C=C2\CCCN3C2=NOC2CN(c4ccccc4)CC23)ccc1-n1cnc(C)c1.COc1cc(/C=C2\CCCN3C2=NOC2CN(c4ccccc4)CC23)ccc1-n1cnc(C)c1.COc1cc(/C=C2\CCCN3C2=NOC2CNCC23)ccc1-n1cnc(C)c1.OB(O)c1ccccc1. The van der Waals surface area contributed by atoms with E-state index in [2.05, 4.69) is 194 Å². The average molecular weight is 1410 g/mol. The van der Waals surface area contributed by atoms with E-state index >= 15 is 0 Å². The number of nitrogens with one attached hydrogen (secondary N) is 1. The highest BCUT2D eigenvalue weighted by Crippen LogP contribution is 2.38. The summed E-state index contributed by atoms with van der Waals surface area (Å²) in [4.78, 5) is 43.0. The number of oxime groups is 3. The molecule has 9 aliphatic heterocycles. The zero-order valence-electron chi connectivity index (χ0n) is 60.3. The molecule has 0 bridgehead atoms. The third kappa shape index (κ3) is 15.3. The second-order valence-corrected chi connectivity index (χ2v) is 27.8. The van der Waals surface area contributed by atoms with Crippen LogP contribution in [0.3, 0.4) is 0 Å². The van der Waals surface area contributed by atoms with Gasteiger partial charge in [-0.25, -0.2) is 15.0 Å². The molecule has 6 aromatic carbocycles. The normalized spacial score (nSPS) is 22.2. The fraction of sp³-hybridized carbons (Fsp3) is 0.333. The van der Waals surface area contributed by atoms with E-state index in [1.807, 2.05) is 78.1 Å². The Hall–Kier alpha value is -11.1. The number of benzene rings is 6. The smallest absolute Gasteiger partial charge is 0.488 e. The predicted octanol–water partition coefficient (Wildman–Crippen LogP) is 10.3. The first-order valence-electron chi connectivity index (χ1n) is 36.4. The van der Waals surface area contributed by atoms with E-state index in [4.69, 9.17) is 38.8 Å². The second-order valence-electron chi connectivity index (χ2n) is 27.8. The monoisotopic (exact) mass is 1410 g/mol. The summed E-state index contributed by atoms with van der Waals surface area (Å²) in [6.07, 6.45) is 24.8. The van der Waals surface area contributed by atoms with Crippen LogP contribution in [0.2, 0.25) is 0 Å². The maximum Gasteiger partial charge on any atom is 0.488 e. The molecule has 0 spiro atoms. The minimum atomic E-state index is -1.34. The van der Waals surface area contributed by atoms with Crippen LogP contribution in [-0.4, -0.2) is 195 Å². The summed E-state index contributed by atoms with van der Waals surface area (Å²) in [5.74, 6) is 5.41. The van der Waals surface area contributed by atoms with E-state index in [0.29, 0.717) is 23.6 Å². The Bertz CT molecular complexity index is 4510. The molecule has 18 rings (SSSR count). The Balaban J connectivity index is 0.000000120. The quantitative estimate of drug-likeness (QED) is 0.0970. The van der Waals surface area contributed by atoms with E-state index < -0.39 is 7.12 Å². The summed E-state index contributed by atoms with van der Waals surface area (Å²) >= 11 is 0. The lowest BCUT2D eigenvalue weighted by Gasteiger charge is -2.40. The van der Waals surface area contributed by atoms with Gasteiger partial charge < -0.3 is 82.3 Å². The number of ether oxygens (including phenoxy) is 3. The molecule has 24 heteroatoms. The van der Waals surface area contributed by atoms with Gasteiger partial charge in [-0.3, -0.25) is 0 Å². The van der Waals surface area contributed by atoms with Crippen molar-refractivity contribution in [2.75, 3.05) is 90.0 Å². The largest absolute Gasteiger partial charge is 0.495 e. The zero-order chi connectivity index (χ0) is 71.9. The number of imidazole rings is 3. The van der Waals surface area contributed by atoms with Gasteiger partial charge in [0.25, 0.3) is 0 Å². The number of amidine groups is 3. The Morgan fingerprint density at radius 2 is 0.800 bits per heavy atom. The van der Waals surface area contributed by atoms with Gasteiger partial charge in [0.1, 0.15) is 17.2 Å². The number of aromatic nitrogens is 6. The number of nitrogens with zero attached hydrogens (tertiary/aromatic N) is 14. The van der Waals surface area contributed by atoms with Crippen LogP contribution in [0.4, 0.5) is 11.4 Å². The van der Waals surface area contributed by atoms with Crippen molar-refractivity contribution in [2.45, 2.75) is 95.7 Å². The molecule has 3 aromatic heterocycles. The first-order chi connectivity index (χ1) is 51.4. The highest BCUT2D eigenvalue weighted by atomic mass is 16.7. The summed E-state index contributed by atoms with van der Waals surface area (Å²) in [6.45, 7) is 14.5. The molecule has 9 aromatic rings. The van der Waals surface area contributed by atoms with Crippen molar-refractivity contribution in [3.05, 3.63) is 234 Å². The van der Waals surface area contributed by atoms with Gasteiger partial charge in [-0.2, -0.15) is 0 Å². The van der Waals surface area contributed by atoms with E-state index in [0.717, 1.165) is 183 Å². The molecule has 0 saturated carbocycles. The highest BCUT2D eigenvalue weighted by Gasteiger charge is 2.47. The van der Waals surface area contributed by atoms with Gasteiger partial charge in [0, 0.05) is 75.8 Å². The zero-order valence-corrected chi connectivity index (χ0v) is 60.3. The molecule has 6 saturated heterocycles. The summed E-state index contributed by atoms with van der Waals surface area (Å²) in [5, 5.41) is 34.3. The fourth-order valence-electron chi connectivity index (χ4n) is 15.5. The maximum absolute atomic E-state index is 8.58. The first kappa shape index (κ1) is 69.6. The Morgan fingerprint density at radius 3 is 1.14 bits per heavy atom. The maximum atomic E-state index is 8.58. The predicted molar refractivity (Wildman–Crippen MR) is 411 cm³/mol. The third-order valence-electron chi connectivity index (χ3n) is 20.8. The van der Waals surface area contributed by atoms with Crippen LogP contribution in [0.15, 0.2) is 215 Å². The lowest BCUT2D eigenvalue weighted by Crippen LogP contribution is -2.53. The van der Waals surface area contributed by atoms with Gasteiger partial charge in [0.05, 0.1) is 106 Å². The molecule has 0 aliphatic carbocycles. The summed E-state index contributed by atoms with van der Waals surface area (Å²) in [7, 11) is 3.78. The van der Waals surface area contributed by atoms with E-state index in [1.165, 1.54) is 28.1 Å². The van der Waals surface area contributed by atoms with Gasteiger partial charge in [-0.15, -0.1) is 0 Å². The molecule has 540 valence electrons. The number of anilines is 2. The standard InChI is InChI=1S/2C27H29N5O2.C21H25N5O2.C6H7BO2/c2*1-19-15-31(18-28-19)23-11-10-20(14-25(23)33-2)13-21-7-6-12-32-24-16-30(22-8-4-3-5-9-22)17-26(24)34-29-27(21)32;1-14-12-25(13-23-14)17-6-5-15(9-19(17)27-2)8-16-4-3-7-26-18-10-22-11-20(18)28-24-21(16)26;8-7(9)6-4-2-1-3-5-6/h2*3-5,8-11,13-15,18,24,26H,6-7,12,16-17H2,1-2H3;5-6,8-9,12-13,18,20,22H,3-4,7,10-11H2,1-2H3;1-5,8-9H/b2*21-13+;16-8+;. The highest BCUT2D eigenvalue weighted by molar-refractivity contribution is 6.58. The molecule has 105 heavy (non-hydrogen) atoms. The topological polar surface area (TPSA) is 215 Å². The molecule has 3 N–H and O–H groups in total. The Morgan fingerprint density at radius 1 is 0.438 bits per heavy atom. The third-order valence-corrected chi connectivity index (χ3v) is 20.8. The number of hydrogen-bond acceptors (Lipinski definition) is 20. The summed E-state index contributed by atoms with van der Waals surface area (Å²) < 4.78 is 23.0. The molecule has 23 nitrogen and oxygen atoms in total. The van der Waals surface area contributed by atoms with Crippen molar-refractivity contribution >= 4 is 59.7 Å². The van der Waals surface area contributed by atoms with Crippen molar-refractivity contribution in [1.82, 2.24) is 48.7 Å². The Labute approximate surface area is 613 Å². The van der Waals surface area contributed by atoms with Crippen LogP contribution in [0.25, 0.3) is 35.3 Å². The number of piperidine rings is 3. The van der Waals surface area contributed by atoms with Crippen LogP contribution < -0.4 is 34.8 Å². The molecular weight excluding hydrogens is 1320 g/mol. The van der Waals surface area contributed by atoms with Gasteiger partial charge in [-0.1, -0.05) is 100 Å². The van der Waals surface area contributed by atoms with Gasteiger partial charge in [-0.05, 0) is 177 Å². The molecule has 6 unspecified atom stereocenters. The van der Waals surface area contributed by atoms with Crippen molar-refractivity contribution in [2.24, 2.45) is 15.5 Å². The van der Waals surface area contributed by atoms with Gasteiger partial charge in [0.15, 0.2) is 35.8 Å². The number of para-hydroxylation sites is 2. The molecule has 0 amide bonds. The molecule has 6 fully saturated rings. The Kier molecular flexibility index (Phi) is 20.9. The van der Waals surface area contributed by atoms with Crippen molar-refractivity contribution in [3.63, 3.8) is 0 Å². The van der Waals surface area contributed by atoms with E-state index in [1.54, 1.807) is 45.6 Å². The van der Waals surface area contributed by atoms with Crippen molar-refractivity contribution in [3.8, 4) is 34.3 Å². The van der Waals surface area contributed by atoms with Gasteiger partial charge >= 0.3 is 7.12 Å². The molecule has 6 atom stereocenters. The van der Waals surface area contributed by atoms with E-state index in [-0.39, 0.29) is 18.3 Å². The van der Waals surface area contributed by atoms with Crippen LogP contribution in [-0.2, 0) is 14.5 Å². The summed E-state index contributed by atoms with van der Waals surface area (Å²) in [6, 6.07) is 49.7. The first-order valence-corrected chi connectivity index (χ1v) is 36.4. The van der Waals surface area contributed by atoms with Crippen LogP contribution in [0.1, 0.15) is 72.3 Å². The number of fused-ring (bicyclic) bond motifs is 9. The van der Waals surface area contributed by atoms with Gasteiger partial charge in [0.2, 0.25) is 0 Å². The molecule has 0 radical (unpaired) electrons. The van der Waals surface area contributed by atoms with Crippen molar-refractivity contribution in [1.29, 1.82) is 0 Å². The molecular formula is C81H90BN15O8. The molecule has 9 aliphatic rings. The van der Waals surface area contributed by atoms with Crippen LogP contribution in [0.5, 0.6) is 17.2 Å². The fourth-order valence-corrected chi connectivity index (χ4v) is 15.5. The lowest BCUT2D eigenvalue weighted by atomic mass is 9.81. The number of methoxy groups -OCH3 is 3. The van der Waals surface area contributed by atoms with Crippen molar-refractivity contribution < 1.29 is 38.8 Å². The number of hydrogen-bond donors (Lipinski definition) is 3. The average Bonchev–Trinajstić information content (AvgIpc) is 1.69. The van der Waals surface area contributed by atoms with Crippen LogP contribution in [0, 0.1) is 20.8 Å². The number of rotatable bonds is 12. The van der Waals surface area contributed by atoms with E-state index in [9.17, 15) is 0 Å². The van der Waals surface area contributed by atoms with Crippen LogP contribution >= 0.6 is 0 Å². The second kappa shape index (κ2) is 31.5. The lowest BCUT2D eigenvalue weighted by molar-refractivity contribution is 0.00663. The number of aryl methyl sites for hydroxylation is 3. The minimum absolute atomic E-state index is 0.0984.